The Morgan fingerprint density at radius 3 is 2.86 bits per heavy atom. The van der Waals surface area contributed by atoms with Gasteiger partial charge in [0.05, 0.1) is 13.2 Å². The smallest absolute Gasteiger partial charge is 0.211 e. The summed E-state index contributed by atoms with van der Waals surface area (Å²) in [5.74, 6) is 0. The van der Waals surface area contributed by atoms with Crippen LogP contribution in [0.15, 0.2) is 0 Å². The van der Waals surface area contributed by atoms with Crippen molar-refractivity contribution in [3.8, 4) is 0 Å². The second kappa shape index (κ2) is 2.23. The molecule has 1 atom stereocenters. The lowest BCUT2D eigenvalue weighted by atomic mass is 10.5. The van der Waals surface area contributed by atoms with Crippen LogP contribution >= 0.6 is 0 Å². The zero-order valence-electron chi connectivity index (χ0n) is 3.98. The third kappa shape index (κ3) is 1.41. The maximum Gasteiger partial charge on any atom is 0.211 e. The van der Waals surface area contributed by atoms with Crippen LogP contribution in [-0.4, -0.2) is 26.1 Å². The van der Waals surface area contributed by atoms with E-state index in [0.29, 0.717) is 13.2 Å². The van der Waals surface area contributed by atoms with Gasteiger partial charge in [0.2, 0.25) is 6.36 Å². The molecule has 7 heavy (non-hydrogen) atoms. The summed E-state index contributed by atoms with van der Waals surface area (Å²) < 4.78 is 16.4. The average molecular weight is 105 g/mol. The van der Waals surface area contributed by atoms with Crippen LogP contribution in [0.1, 0.15) is 0 Å². The van der Waals surface area contributed by atoms with Crippen LogP contribution in [0, 0.1) is 0 Å². The van der Waals surface area contributed by atoms with Crippen molar-refractivity contribution in [2.24, 2.45) is 0 Å². The minimum atomic E-state index is -1.08. The Labute approximate surface area is 41.7 Å². The predicted molar refractivity (Wildman–Crippen MR) is 23.7 cm³/mol. The number of nitrogens with one attached hydrogen (secondary N) is 1. The summed E-state index contributed by atoms with van der Waals surface area (Å²) in [5, 5.41) is 2.83. The first-order chi connectivity index (χ1) is 3.39. The van der Waals surface area contributed by atoms with Gasteiger partial charge in [-0.15, -0.1) is 0 Å². The van der Waals surface area contributed by atoms with Gasteiger partial charge in [-0.2, -0.15) is 0 Å². The van der Waals surface area contributed by atoms with E-state index in [0.717, 1.165) is 6.54 Å². The third-order valence-electron chi connectivity index (χ3n) is 0.882. The molecule has 0 aromatic rings. The quantitative estimate of drug-likeness (QED) is 0.464. The first-order valence-electron chi connectivity index (χ1n) is 2.36. The summed E-state index contributed by atoms with van der Waals surface area (Å²) in [6.07, 6.45) is -1.08. The van der Waals surface area contributed by atoms with Gasteiger partial charge in [0.1, 0.15) is 0 Å². The Balaban J connectivity index is 2.12. The summed E-state index contributed by atoms with van der Waals surface area (Å²) in [5.41, 5.74) is 0. The van der Waals surface area contributed by atoms with Gasteiger partial charge in [-0.1, -0.05) is 0 Å². The Kier molecular flexibility index (Phi) is 1.59. The van der Waals surface area contributed by atoms with Crippen LogP contribution in [-0.2, 0) is 4.74 Å². The van der Waals surface area contributed by atoms with Crippen molar-refractivity contribution in [2.75, 3.05) is 19.7 Å². The molecule has 1 N–H and O–H groups in total. The summed E-state index contributed by atoms with van der Waals surface area (Å²) in [7, 11) is 0. The average Bonchev–Trinajstić information content (AvgIpc) is 1.69. The molecule has 0 amide bonds. The summed E-state index contributed by atoms with van der Waals surface area (Å²) >= 11 is 0. The Hall–Kier alpha value is -0.150. The second-order valence-electron chi connectivity index (χ2n) is 1.48. The zero-order chi connectivity index (χ0) is 5.11. The highest BCUT2D eigenvalue weighted by atomic mass is 19.1. The van der Waals surface area contributed by atoms with E-state index < -0.39 is 6.36 Å². The van der Waals surface area contributed by atoms with Gasteiger partial charge in [-0.25, -0.2) is 4.39 Å². The van der Waals surface area contributed by atoms with Crippen molar-refractivity contribution >= 4 is 0 Å². The van der Waals surface area contributed by atoms with E-state index in [1.54, 1.807) is 0 Å². The summed E-state index contributed by atoms with van der Waals surface area (Å²) in [6, 6.07) is 0. The fraction of sp³-hybridized carbons (Fsp3) is 1.00. The topological polar surface area (TPSA) is 21.3 Å². The van der Waals surface area contributed by atoms with E-state index in [1.165, 1.54) is 0 Å². The van der Waals surface area contributed by atoms with Crippen molar-refractivity contribution < 1.29 is 9.13 Å². The molecular formula is C4H8FNO. The Morgan fingerprint density at radius 1 is 1.71 bits per heavy atom. The Bertz CT molecular complexity index is 53.7. The van der Waals surface area contributed by atoms with Crippen molar-refractivity contribution in [3.63, 3.8) is 0 Å². The van der Waals surface area contributed by atoms with Gasteiger partial charge in [-0.3, -0.25) is 0 Å². The summed E-state index contributed by atoms with van der Waals surface area (Å²) in [6.45, 7) is 1.63. The zero-order valence-corrected chi connectivity index (χ0v) is 3.98. The molecule has 0 saturated carbocycles. The predicted octanol–water partition coefficient (Wildman–Crippen LogP) is -0.0982. The van der Waals surface area contributed by atoms with Crippen LogP contribution in [0.4, 0.5) is 4.39 Å². The van der Waals surface area contributed by atoms with Crippen molar-refractivity contribution in [3.05, 3.63) is 0 Å². The van der Waals surface area contributed by atoms with Gasteiger partial charge >= 0.3 is 0 Å². The van der Waals surface area contributed by atoms with Crippen LogP contribution in [0.5, 0.6) is 0 Å². The van der Waals surface area contributed by atoms with Crippen molar-refractivity contribution in [2.45, 2.75) is 6.36 Å². The normalized spacial score (nSPS) is 33.0. The minimum Gasteiger partial charge on any atom is -0.346 e. The number of hydrogen-bond acceptors (Lipinski definition) is 2. The first-order valence-corrected chi connectivity index (χ1v) is 2.36. The maximum atomic E-state index is 11.9. The molecule has 0 aromatic heterocycles. The number of alkyl halides is 1. The molecule has 1 saturated heterocycles. The number of morpholine rings is 1. The molecule has 1 rings (SSSR count). The lowest BCUT2D eigenvalue weighted by Gasteiger charge is -2.15. The van der Waals surface area contributed by atoms with E-state index in [4.69, 9.17) is 0 Å². The molecule has 2 nitrogen and oxygen atoms in total. The second-order valence-corrected chi connectivity index (χ2v) is 1.48. The lowest BCUT2D eigenvalue weighted by Crippen LogP contribution is -2.35. The fourth-order valence-corrected chi connectivity index (χ4v) is 0.533. The monoisotopic (exact) mass is 105 g/mol. The largest absolute Gasteiger partial charge is 0.346 e. The van der Waals surface area contributed by atoms with E-state index in [1.807, 2.05) is 0 Å². The molecule has 1 aliphatic rings. The highest BCUT2D eigenvalue weighted by molar-refractivity contribution is 4.55. The maximum absolute atomic E-state index is 11.9. The van der Waals surface area contributed by atoms with Crippen LogP contribution in [0.25, 0.3) is 0 Å². The molecule has 1 fully saturated rings. The molecule has 1 heterocycles. The molecule has 1 aliphatic heterocycles. The Morgan fingerprint density at radius 2 is 2.57 bits per heavy atom. The number of hydrogen-bond donors (Lipinski definition) is 1. The highest BCUT2D eigenvalue weighted by Crippen LogP contribution is 1.94. The van der Waals surface area contributed by atoms with Gasteiger partial charge in [0.25, 0.3) is 0 Å². The van der Waals surface area contributed by atoms with E-state index >= 15 is 0 Å². The third-order valence-corrected chi connectivity index (χ3v) is 0.882. The standard InChI is InChI=1S/C4H8FNO/c5-4-3-6-1-2-7-4/h4,6H,1-3H2. The molecule has 42 valence electrons. The van der Waals surface area contributed by atoms with Gasteiger partial charge in [-0.05, 0) is 0 Å². The number of halogens is 1. The molecule has 1 unspecified atom stereocenters. The molecule has 0 aliphatic carbocycles. The molecule has 3 heteroatoms. The highest BCUT2D eigenvalue weighted by Gasteiger charge is 2.08. The number of ether oxygens (including phenoxy) is 1. The molecule has 0 spiro atoms. The molecular weight excluding hydrogens is 97.0 g/mol. The van der Waals surface area contributed by atoms with Gasteiger partial charge < -0.3 is 10.1 Å². The van der Waals surface area contributed by atoms with Crippen molar-refractivity contribution in [1.82, 2.24) is 5.32 Å². The van der Waals surface area contributed by atoms with Crippen LogP contribution in [0.2, 0.25) is 0 Å². The SMILES string of the molecule is FC1CNCCO1. The molecule has 0 radical (unpaired) electrons. The van der Waals surface area contributed by atoms with Crippen LogP contribution in [0.3, 0.4) is 0 Å². The van der Waals surface area contributed by atoms with Gasteiger partial charge in [0.15, 0.2) is 0 Å². The molecule has 0 aromatic carbocycles. The lowest BCUT2D eigenvalue weighted by molar-refractivity contribution is -0.0560. The van der Waals surface area contributed by atoms with E-state index in [-0.39, 0.29) is 0 Å². The van der Waals surface area contributed by atoms with Crippen LogP contribution < -0.4 is 5.32 Å². The first kappa shape index (κ1) is 5.00. The van der Waals surface area contributed by atoms with E-state index in [2.05, 4.69) is 10.1 Å². The van der Waals surface area contributed by atoms with Crippen molar-refractivity contribution in [1.29, 1.82) is 0 Å². The number of rotatable bonds is 0. The summed E-state index contributed by atoms with van der Waals surface area (Å²) in [4.78, 5) is 0. The minimum absolute atomic E-state index is 0.347. The van der Waals surface area contributed by atoms with E-state index in [9.17, 15) is 4.39 Å². The fourth-order valence-electron chi connectivity index (χ4n) is 0.533. The molecule has 0 bridgehead atoms. The van der Waals surface area contributed by atoms with Gasteiger partial charge in [0, 0.05) is 6.54 Å².